The molecular weight excluding hydrogens is 280 g/mol. The molecule has 5 nitrogen and oxygen atoms in total. The summed E-state index contributed by atoms with van der Waals surface area (Å²) in [5.41, 5.74) is 0.810. The van der Waals surface area contributed by atoms with Gasteiger partial charge in [0.2, 0.25) is 0 Å². The maximum absolute atomic E-state index is 13.0. The lowest BCUT2D eigenvalue weighted by molar-refractivity contribution is 0.0600. The minimum Gasteiger partial charge on any atom is -0.383 e. The summed E-state index contributed by atoms with van der Waals surface area (Å²) < 4.78 is 12.9. The molecule has 2 heterocycles. The van der Waals surface area contributed by atoms with Gasteiger partial charge in [0, 0.05) is 33.0 Å². The Morgan fingerprint density at radius 1 is 1.32 bits per heavy atom. The molecule has 1 saturated carbocycles. The van der Waals surface area contributed by atoms with Crippen LogP contribution < -0.4 is 0 Å². The largest absolute Gasteiger partial charge is 0.383 e. The Kier molecular flexibility index (Phi) is 4.84. The van der Waals surface area contributed by atoms with Gasteiger partial charge < -0.3 is 18.9 Å². The maximum atomic E-state index is 13.0. The second-order valence-corrected chi connectivity index (χ2v) is 6.40. The van der Waals surface area contributed by atoms with Crippen LogP contribution in [-0.2, 0) is 9.47 Å². The first-order valence-corrected chi connectivity index (χ1v) is 8.24. The maximum Gasteiger partial charge on any atom is 0.270 e. The number of amides is 1. The average molecular weight is 306 g/mol. The van der Waals surface area contributed by atoms with Crippen LogP contribution in [0.3, 0.4) is 0 Å². The van der Waals surface area contributed by atoms with E-state index in [2.05, 4.69) is 10.8 Å². The van der Waals surface area contributed by atoms with Gasteiger partial charge in [-0.3, -0.25) is 4.79 Å². The zero-order chi connectivity index (χ0) is 15.5. The third-order valence-electron chi connectivity index (χ3n) is 5.05. The molecule has 0 unspecified atom stereocenters. The molecule has 0 bridgehead atoms. The minimum atomic E-state index is 0.106. The van der Waals surface area contributed by atoms with Crippen LogP contribution in [0.25, 0.3) is 0 Å². The zero-order valence-electron chi connectivity index (χ0n) is 13.5. The molecule has 0 N–H and O–H groups in total. The Morgan fingerprint density at radius 2 is 2.09 bits per heavy atom. The third kappa shape index (κ3) is 2.92. The van der Waals surface area contributed by atoms with Crippen LogP contribution in [0.1, 0.15) is 48.6 Å². The summed E-state index contributed by atoms with van der Waals surface area (Å²) in [5, 5.41) is 0. The highest BCUT2D eigenvalue weighted by molar-refractivity contribution is 5.93. The molecule has 0 aromatic carbocycles. The van der Waals surface area contributed by atoms with Gasteiger partial charge in [-0.05, 0) is 31.4 Å². The van der Waals surface area contributed by atoms with Crippen molar-refractivity contribution in [3.8, 4) is 0 Å². The summed E-state index contributed by atoms with van der Waals surface area (Å²) >= 11 is 0. The third-order valence-corrected chi connectivity index (χ3v) is 5.05. The van der Waals surface area contributed by atoms with Crippen molar-refractivity contribution in [2.24, 2.45) is 0 Å². The highest BCUT2D eigenvalue weighted by Crippen LogP contribution is 2.32. The van der Waals surface area contributed by atoms with E-state index in [1.807, 2.05) is 17.0 Å². The summed E-state index contributed by atoms with van der Waals surface area (Å²) in [6.45, 7) is 1.22. The molecule has 5 heteroatoms. The van der Waals surface area contributed by atoms with E-state index in [4.69, 9.17) is 9.47 Å². The smallest absolute Gasteiger partial charge is 0.270 e. The lowest BCUT2D eigenvalue weighted by Gasteiger charge is -2.25. The Morgan fingerprint density at radius 3 is 2.77 bits per heavy atom. The van der Waals surface area contributed by atoms with Crippen molar-refractivity contribution in [2.75, 3.05) is 27.4 Å². The van der Waals surface area contributed by atoms with Crippen molar-refractivity contribution in [1.29, 1.82) is 0 Å². The molecule has 122 valence electrons. The molecule has 22 heavy (non-hydrogen) atoms. The van der Waals surface area contributed by atoms with E-state index in [0.29, 0.717) is 19.2 Å². The van der Waals surface area contributed by atoms with Crippen LogP contribution in [0, 0.1) is 0 Å². The van der Waals surface area contributed by atoms with Crippen molar-refractivity contribution in [2.45, 2.75) is 50.3 Å². The van der Waals surface area contributed by atoms with E-state index in [0.717, 1.165) is 12.1 Å². The van der Waals surface area contributed by atoms with Gasteiger partial charge in [0.25, 0.3) is 5.91 Å². The number of likely N-dealkylation sites (tertiary alicyclic amines) is 1. The molecule has 1 amide bonds. The number of carbonyl (C=O) groups is 1. The second-order valence-electron chi connectivity index (χ2n) is 6.40. The predicted octanol–water partition coefficient (Wildman–Crippen LogP) is 2.48. The highest BCUT2D eigenvalue weighted by atomic mass is 16.5. The second kappa shape index (κ2) is 6.84. The molecule has 2 aliphatic rings. The summed E-state index contributed by atoms with van der Waals surface area (Å²) in [6, 6.07) is 4.52. The van der Waals surface area contributed by atoms with Gasteiger partial charge in [0.1, 0.15) is 5.69 Å². The average Bonchev–Trinajstić information content (AvgIpc) is 3.26. The lowest BCUT2D eigenvalue weighted by Crippen LogP contribution is -2.39. The molecule has 1 aromatic heterocycles. The first-order valence-electron chi connectivity index (χ1n) is 8.24. The molecule has 0 radical (unpaired) electrons. The number of ether oxygens (including phenoxy) is 2. The highest BCUT2D eigenvalue weighted by Gasteiger charge is 2.37. The van der Waals surface area contributed by atoms with Gasteiger partial charge in [-0.25, -0.2) is 0 Å². The molecule has 2 fully saturated rings. The van der Waals surface area contributed by atoms with E-state index in [-0.39, 0.29) is 18.1 Å². The predicted molar refractivity (Wildman–Crippen MR) is 84.1 cm³/mol. The van der Waals surface area contributed by atoms with E-state index >= 15 is 0 Å². The fourth-order valence-electron chi connectivity index (χ4n) is 3.87. The Hall–Kier alpha value is -1.33. The first kappa shape index (κ1) is 15.6. The van der Waals surface area contributed by atoms with E-state index in [9.17, 15) is 4.79 Å². The Bertz CT molecular complexity index is 508. The van der Waals surface area contributed by atoms with E-state index in [1.165, 1.54) is 25.7 Å². The van der Waals surface area contributed by atoms with Gasteiger partial charge in [0.05, 0.1) is 18.8 Å². The number of nitrogens with zero attached hydrogens (tertiary/aromatic N) is 2. The molecule has 1 saturated heterocycles. The normalized spacial score (nSPS) is 26.0. The monoisotopic (exact) mass is 306 g/mol. The van der Waals surface area contributed by atoms with E-state index in [1.54, 1.807) is 14.2 Å². The number of rotatable bonds is 5. The van der Waals surface area contributed by atoms with Crippen molar-refractivity contribution in [1.82, 2.24) is 9.47 Å². The van der Waals surface area contributed by atoms with Crippen molar-refractivity contribution < 1.29 is 14.3 Å². The Labute approximate surface area is 132 Å². The fourth-order valence-corrected chi connectivity index (χ4v) is 3.87. The van der Waals surface area contributed by atoms with Gasteiger partial charge in [-0.15, -0.1) is 0 Å². The van der Waals surface area contributed by atoms with Gasteiger partial charge in [0.15, 0.2) is 0 Å². The summed E-state index contributed by atoms with van der Waals surface area (Å²) in [7, 11) is 3.40. The van der Waals surface area contributed by atoms with Crippen molar-refractivity contribution in [3.05, 3.63) is 24.0 Å². The summed E-state index contributed by atoms with van der Waals surface area (Å²) in [4.78, 5) is 15.0. The van der Waals surface area contributed by atoms with Crippen LogP contribution in [0.5, 0.6) is 0 Å². The first-order chi connectivity index (χ1) is 10.7. The molecule has 3 rings (SSSR count). The minimum absolute atomic E-state index is 0.106. The lowest BCUT2D eigenvalue weighted by atomic mass is 10.2. The van der Waals surface area contributed by atoms with Crippen molar-refractivity contribution in [3.63, 3.8) is 0 Å². The number of aromatic nitrogens is 1. The topological polar surface area (TPSA) is 43.7 Å². The number of methoxy groups -OCH3 is 2. The summed E-state index contributed by atoms with van der Waals surface area (Å²) in [6.07, 6.45) is 7.89. The Balaban J connectivity index is 1.79. The molecule has 2 atom stereocenters. The van der Waals surface area contributed by atoms with Crippen LogP contribution in [0.15, 0.2) is 18.3 Å². The standard InChI is InChI=1S/C17H26N2O3/c1-21-12-14-10-15(22-2)11-19(14)17(20)16-8-5-9-18(16)13-6-3-4-7-13/h5,8-9,13-15H,3-4,6-7,10-12H2,1-2H3/t14-,15-/m0/s1. The zero-order valence-corrected chi connectivity index (χ0v) is 13.5. The summed E-state index contributed by atoms with van der Waals surface area (Å²) in [5.74, 6) is 0.110. The number of hydrogen-bond donors (Lipinski definition) is 0. The number of hydrogen-bond acceptors (Lipinski definition) is 3. The van der Waals surface area contributed by atoms with Gasteiger partial charge >= 0.3 is 0 Å². The van der Waals surface area contributed by atoms with Crippen molar-refractivity contribution >= 4 is 5.91 Å². The van der Waals surface area contributed by atoms with E-state index < -0.39 is 0 Å². The number of carbonyl (C=O) groups excluding carboxylic acids is 1. The van der Waals surface area contributed by atoms with Gasteiger partial charge in [-0.1, -0.05) is 12.8 Å². The van der Waals surface area contributed by atoms with Crippen LogP contribution in [-0.4, -0.2) is 54.9 Å². The molecule has 0 spiro atoms. The quantitative estimate of drug-likeness (QED) is 0.839. The molecule has 1 aromatic rings. The fraction of sp³-hybridized carbons (Fsp3) is 0.706. The molecular formula is C17H26N2O3. The van der Waals surface area contributed by atoms with Crippen LogP contribution in [0.2, 0.25) is 0 Å². The molecule has 1 aliphatic heterocycles. The van der Waals surface area contributed by atoms with Crippen LogP contribution in [0.4, 0.5) is 0 Å². The molecule has 1 aliphatic carbocycles. The van der Waals surface area contributed by atoms with Crippen LogP contribution >= 0.6 is 0 Å². The SMILES string of the molecule is COC[C@@H]1C[C@H](OC)CN1C(=O)c1cccn1C1CCCC1. The van der Waals surface area contributed by atoms with Gasteiger partial charge in [-0.2, -0.15) is 0 Å².